The van der Waals surface area contributed by atoms with E-state index < -0.39 is 0 Å². The smallest absolute Gasteiger partial charge is 0.237 e. The van der Waals surface area contributed by atoms with Crippen LogP contribution in [0.15, 0.2) is 0 Å². The van der Waals surface area contributed by atoms with Gasteiger partial charge in [0.25, 0.3) is 0 Å². The highest BCUT2D eigenvalue weighted by Crippen LogP contribution is 2.17. The van der Waals surface area contributed by atoms with E-state index in [-0.39, 0.29) is 18.1 Å². The summed E-state index contributed by atoms with van der Waals surface area (Å²) in [6, 6.07) is 0.295. The van der Waals surface area contributed by atoms with Gasteiger partial charge < -0.3 is 15.4 Å². The number of piperidine rings is 1. The van der Waals surface area contributed by atoms with E-state index in [2.05, 4.69) is 24.5 Å². The number of rotatable bonds is 2. The molecule has 0 aromatic carbocycles. The van der Waals surface area contributed by atoms with Gasteiger partial charge in [0.05, 0.1) is 12.1 Å². The molecular formula is C13H24N2O2. The van der Waals surface area contributed by atoms with Gasteiger partial charge in [-0.1, -0.05) is 6.92 Å². The molecule has 2 aliphatic heterocycles. The number of hydrogen-bond acceptors (Lipinski definition) is 3. The van der Waals surface area contributed by atoms with Crippen LogP contribution < -0.4 is 10.6 Å². The number of carbonyl (C=O) groups excluding carboxylic acids is 1. The zero-order valence-electron chi connectivity index (χ0n) is 10.9. The van der Waals surface area contributed by atoms with Crippen LogP contribution in [0.25, 0.3) is 0 Å². The number of amides is 1. The topological polar surface area (TPSA) is 50.4 Å². The van der Waals surface area contributed by atoms with Crippen LogP contribution in [0.5, 0.6) is 0 Å². The number of hydrogen-bond donors (Lipinski definition) is 2. The third-order valence-corrected chi connectivity index (χ3v) is 3.88. The van der Waals surface area contributed by atoms with Crippen LogP contribution in [-0.4, -0.2) is 37.2 Å². The summed E-state index contributed by atoms with van der Waals surface area (Å²) in [6.45, 7) is 5.95. The first-order valence-electron chi connectivity index (χ1n) is 6.82. The Hall–Kier alpha value is -0.610. The average molecular weight is 240 g/mol. The fraction of sp³-hybridized carbons (Fsp3) is 0.923. The molecule has 0 saturated carbocycles. The molecule has 2 rings (SSSR count). The zero-order chi connectivity index (χ0) is 12.3. The Morgan fingerprint density at radius 1 is 1.35 bits per heavy atom. The highest BCUT2D eigenvalue weighted by molar-refractivity contribution is 5.82. The molecule has 4 heteroatoms. The monoisotopic (exact) mass is 240 g/mol. The van der Waals surface area contributed by atoms with Crippen LogP contribution in [-0.2, 0) is 9.53 Å². The molecule has 2 N–H and O–H groups in total. The molecule has 1 amide bonds. The standard InChI is InChI=1S/C13H24N2O2/c1-9-4-3-6-14-12(9)13(16)15-11-5-7-17-10(2)8-11/h9-12,14H,3-8H2,1-2H3,(H,15,16). The molecule has 2 fully saturated rings. The summed E-state index contributed by atoms with van der Waals surface area (Å²) >= 11 is 0. The van der Waals surface area contributed by atoms with E-state index in [0.29, 0.717) is 12.0 Å². The lowest BCUT2D eigenvalue weighted by Crippen LogP contribution is -2.54. The maximum atomic E-state index is 12.2. The first-order valence-corrected chi connectivity index (χ1v) is 6.82. The predicted molar refractivity (Wildman–Crippen MR) is 66.8 cm³/mol. The molecule has 0 radical (unpaired) electrons. The van der Waals surface area contributed by atoms with Gasteiger partial charge in [-0.25, -0.2) is 0 Å². The Balaban J connectivity index is 1.83. The van der Waals surface area contributed by atoms with Crippen molar-refractivity contribution >= 4 is 5.91 Å². The zero-order valence-corrected chi connectivity index (χ0v) is 10.9. The van der Waals surface area contributed by atoms with Crippen molar-refractivity contribution in [3.8, 4) is 0 Å². The molecule has 98 valence electrons. The van der Waals surface area contributed by atoms with Crippen LogP contribution in [0.2, 0.25) is 0 Å². The van der Waals surface area contributed by atoms with E-state index in [1.54, 1.807) is 0 Å². The molecular weight excluding hydrogens is 216 g/mol. The van der Waals surface area contributed by atoms with Crippen LogP contribution >= 0.6 is 0 Å². The number of ether oxygens (including phenoxy) is 1. The van der Waals surface area contributed by atoms with Gasteiger partial charge in [-0.15, -0.1) is 0 Å². The average Bonchev–Trinajstić information content (AvgIpc) is 2.29. The minimum Gasteiger partial charge on any atom is -0.378 e. The van der Waals surface area contributed by atoms with Gasteiger partial charge in [0.2, 0.25) is 5.91 Å². The Kier molecular flexibility index (Phi) is 4.40. The van der Waals surface area contributed by atoms with Crippen molar-refractivity contribution in [1.29, 1.82) is 0 Å². The van der Waals surface area contributed by atoms with Crippen LogP contribution in [0, 0.1) is 5.92 Å². The second-order valence-corrected chi connectivity index (χ2v) is 5.46. The van der Waals surface area contributed by atoms with E-state index in [4.69, 9.17) is 4.74 Å². The lowest BCUT2D eigenvalue weighted by atomic mass is 9.91. The first kappa shape index (κ1) is 12.8. The summed E-state index contributed by atoms with van der Waals surface area (Å²) in [6.07, 6.45) is 4.48. The lowest BCUT2D eigenvalue weighted by Gasteiger charge is -2.33. The summed E-state index contributed by atoms with van der Waals surface area (Å²) in [4.78, 5) is 12.2. The second-order valence-electron chi connectivity index (χ2n) is 5.46. The minimum atomic E-state index is 0.00176. The number of nitrogens with one attached hydrogen (secondary N) is 2. The van der Waals surface area contributed by atoms with Gasteiger partial charge in [0.15, 0.2) is 0 Å². The Bertz CT molecular complexity index is 270. The van der Waals surface area contributed by atoms with Gasteiger partial charge in [0, 0.05) is 12.6 Å². The molecule has 4 atom stereocenters. The number of carbonyl (C=O) groups is 1. The van der Waals surface area contributed by atoms with Crippen molar-refractivity contribution in [2.24, 2.45) is 5.92 Å². The van der Waals surface area contributed by atoms with Gasteiger partial charge in [0.1, 0.15) is 0 Å². The fourth-order valence-corrected chi connectivity index (χ4v) is 2.82. The van der Waals surface area contributed by atoms with Crippen LogP contribution in [0.4, 0.5) is 0 Å². The molecule has 0 bridgehead atoms. The van der Waals surface area contributed by atoms with E-state index in [9.17, 15) is 4.79 Å². The van der Waals surface area contributed by atoms with Crippen molar-refractivity contribution in [2.45, 2.75) is 57.7 Å². The molecule has 4 nitrogen and oxygen atoms in total. The molecule has 0 aromatic rings. The molecule has 0 aliphatic carbocycles. The van der Waals surface area contributed by atoms with Gasteiger partial charge in [-0.3, -0.25) is 4.79 Å². The van der Waals surface area contributed by atoms with Crippen molar-refractivity contribution in [3.63, 3.8) is 0 Å². The van der Waals surface area contributed by atoms with E-state index in [0.717, 1.165) is 32.4 Å². The molecule has 2 heterocycles. The molecule has 17 heavy (non-hydrogen) atoms. The molecule has 0 aromatic heterocycles. The SMILES string of the molecule is CC1CC(NC(=O)C2NCCCC2C)CCO1. The van der Waals surface area contributed by atoms with E-state index >= 15 is 0 Å². The molecule has 4 unspecified atom stereocenters. The first-order chi connectivity index (χ1) is 8.16. The quantitative estimate of drug-likeness (QED) is 0.759. The van der Waals surface area contributed by atoms with Crippen molar-refractivity contribution in [2.75, 3.05) is 13.2 Å². The minimum absolute atomic E-state index is 0.00176. The summed E-state index contributed by atoms with van der Waals surface area (Å²) in [5.41, 5.74) is 0. The Morgan fingerprint density at radius 2 is 2.18 bits per heavy atom. The van der Waals surface area contributed by atoms with Gasteiger partial charge in [-0.05, 0) is 45.1 Å². The molecule has 2 aliphatic rings. The lowest BCUT2D eigenvalue weighted by molar-refractivity contribution is -0.126. The van der Waals surface area contributed by atoms with E-state index in [1.165, 1.54) is 6.42 Å². The second kappa shape index (κ2) is 5.83. The normalized spacial score (nSPS) is 38.7. The third kappa shape index (κ3) is 3.42. The molecule has 2 saturated heterocycles. The maximum Gasteiger partial charge on any atom is 0.237 e. The maximum absolute atomic E-state index is 12.2. The van der Waals surface area contributed by atoms with Crippen LogP contribution in [0.1, 0.15) is 39.5 Å². The Labute approximate surface area is 103 Å². The van der Waals surface area contributed by atoms with Crippen molar-refractivity contribution in [1.82, 2.24) is 10.6 Å². The third-order valence-electron chi connectivity index (χ3n) is 3.88. The van der Waals surface area contributed by atoms with Crippen LogP contribution in [0.3, 0.4) is 0 Å². The highest BCUT2D eigenvalue weighted by atomic mass is 16.5. The predicted octanol–water partition coefficient (Wildman–Crippen LogP) is 1.06. The van der Waals surface area contributed by atoms with Gasteiger partial charge >= 0.3 is 0 Å². The van der Waals surface area contributed by atoms with E-state index in [1.807, 2.05) is 0 Å². The summed E-state index contributed by atoms with van der Waals surface area (Å²) in [7, 11) is 0. The summed E-state index contributed by atoms with van der Waals surface area (Å²) in [5, 5.41) is 6.49. The highest BCUT2D eigenvalue weighted by Gasteiger charge is 2.29. The van der Waals surface area contributed by atoms with Crippen molar-refractivity contribution in [3.05, 3.63) is 0 Å². The van der Waals surface area contributed by atoms with Gasteiger partial charge in [-0.2, -0.15) is 0 Å². The Morgan fingerprint density at radius 3 is 2.88 bits per heavy atom. The summed E-state index contributed by atoms with van der Waals surface area (Å²) < 4.78 is 5.49. The molecule has 0 spiro atoms. The fourth-order valence-electron chi connectivity index (χ4n) is 2.82. The largest absolute Gasteiger partial charge is 0.378 e. The van der Waals surface area contributed by atoms with Crippen molar-refractivity contribution < 1.29 is 9.53 Å². The summed E-state index contributed by atoms with van der Waals surface area (Å²) in [5.74, 6) is 0.623.